The predicted octanol–water partition coefficient (Wildman–Crippen LogP) is 2.43. The van der Waals surface area contributed by atoms with E-state index in [1.165, 1.54) is 23.5 Å². The molecule has 1 atom stereocenters. The van der Waals surface area contributed by atoms with Crippen LogP contribution in [-0.4, -0.2) is 73.5 Å². The largest absolute Gasteiger partial charge is 0.369 e. The Hall–Kier alpha value is -2.45. The molecule has 0 bridgehead atoms. The summed E-state index contributed by atoms with van der Waals surface area (Å²) in [6, 6.07) is 9.92. The van der Waals surface area contributed by atoms with Gasteiger partial charge < -0.3 is 15.1 Å². The van der Waals surface area contributed by atoms with Crippen molar-refractivity contribution in [2.75, 3.05) is 50.7 Å². The zero-order chi connectivity index (χ0) is 20.9. The highest BCUT2D eigenvalue weighted by Gasteiger charge is 2.34. The number of carbonyl (C=O) groups is 2. The fourth-order valence-corrected chi connectivity index (χ4v) is 4.84. The predicted molar refractivity (Wildman–Crippen MR) is 116 cm³/mol. The van der Waals surface area contributed by atoms with Crippen molar-refractivity contribution < 1.29 is 14.0 Å². The van der Waals surface area contributed by atoms with Gasteiger partial charge in [0.15, 0.2) is 0 Å². The second kappa shape index (κ2) is 9.57. The molecule has 0 saturated carbocycles. The maximum atomic E-state index is 13.1. The van der Waals surface area contributed by atoms with Crippen molar-refractivity contribution in [2.24, 2.45) is 0 Å². The van der Waals surface area contributed by atoms with Crippen LogP contribution in [-0.2, 0) is 4.79 Å². The van der Waals surface area contributed by atoms with Crippen molar-refractivity contribution in [1.82, 2.24) is 15.1 Å². The van der Waals surface area contributed by atoms with Gasteiger partial charge in [0, 0.05) is 51.5 Å². The van der Waals surface area contributed by atoms with Gasteiger partial charge in [0.25, 0.3) is 5.91 Å². The van der Waals surface area contributed by atoms with Crippen LogP contribution in [0.15, 0.2) is 41.8 Å². The Morgan fingerprint density at radius 3 is 2.53 bits per heavy atom. The molecular weight excluding hydrogens is 403 g/mol. The summed E-state index contributed by atoms with van der Waals surface area (Å²) in [5, 5.41) is 4.91. The summed E-state index contributed by atoms with van der Waals surface area (Å²) < 4.78 is 13.1. The van der Waals surface area contributed by atoms with E-state index in [-0.39, 0.29) is 23.7 Å². The number of nitrogens with zero attached hydrogens (tertiary/aromatic N) is 3. The maximum Gasteiger partial charge on any atom is 0.264 e. The van der Waals surface area contributed by atoms with Crippen LogP contribution in [0.3, 0.4) is 0 Å². The number of halogens is 1. The Morgan fingerprint density at radius 2 is 1.83 bits per heavy atom. The Labute approximate surface area is 180 Å². The molecule has 0 aliphatic carbocycles. The summed E-state index contributed by atoms with van der Waals surface area (Å²) in [4.78, 5) is 32.3. The van der Waals surface area contributed by atoms with Gasteiger partial charge in [-0.25, -0.2) is 4.39 Å². The molecule has 0 unspecified atom stereocenters. The zero-order valence-electron chi connectivity index (χ0n) is 16.9. The third-order valence-corrected chi connectivity index (χ3v) is 6.70. The summed E-state index contributed by atoms with van der Waals surface area (Å²) in [6.45, 7) is 5.57. The topological polar surface area (TPSA) is 55.9 Å². The molecule has 6 nitrogen and oxygen atoms in total. The molecule has 4 rings (SSSR count). The SMILES string of the molecule is O=C(NCCN1CCN(c2ccc(F)cc2)CC1)[C@@H]1CCCN1C(=O)c1cccs1. The van der Waals surface area contributed by atoms with Crippen molar-refractivity contribution in [3.63, 3.8) is 0 Å². The number of thiophene rings is 1. The van der Waals surface area contributed by atoms with Crippen LogP contribution >= 0.6 is 11.3 Å². The molecule has 2 aliphatic rings. The lowest BCUT2D eigenvalue weighted by Crippen LogP contribution is -2.50. The molecule has 8 heteroatoms. The minimum atomic E-state index is -0.366. The highest BCUT2D eigenvalue weighted by molar-refractivity contribution is 7.12. The Bertz CT molecular complexity index is 851. The number of hydrogen-bond donors (Lipinski definition) is 1. The van der Waals surface area contributed by atoms with E-state index < -0.39 is 0 Å². The second-order valence-electron chi connectivity index (χ2n) is 7.73. The summed E-state index contributed by atoms with van der Waals surface area (Å²) >= 11 is 1.42. The van der Waals surface area contributed by atoms with E-state index in [1.54, 1.807) is 4.90 Å². The van der Waals surface area contributed by atoms with Crippen LogP contribution in [0.1, 0.15) is 22.5 Å². The van der Waals surface area contributed by atoms with Crippen LogP contribution in [0.25, 0.3) is 0 Å². The van der Waals surface area contributed by atoms with Crippen molar-refractivity contribution >= 4 is 28.8 Å². The zero-order valence-corrected chi connectivity index (χ0v) is 17.7. The molecule has 2 saturated heterocycles. The van der Waals surface area contributed by atoms with Gasteiger partial charge in [0.1, 0.15) is 11.9 Å². The average Bonchev–Trinajstić information content (AvgIpc) is 3.47. The third-order valence-electron chi connectivity index (χ3n) is 5.84. The summed E-state index contributed by atoms with van der Waals surface area (Å²) in [6.07, 6.45) is 1.58. The van der Waals surface area contributed by atoms with Crippen molar-refractivity contribution in [3.05, 3.63) is 52.5 Å². The lowest BCUT2D eigenvalue weighted by Gasteiger charge is -2.36. The summed E-state index contributed by atoms with van der Waals surface area (Å²) in [5.74, 6) is -0.312. The maximum absolute atomic E-state index is 13.1. The lowest BCUT2D eigenvalue weighted by atomic mass is 10.2. The molecule has 2 fully saturated rings. The number of likely N-dealkylation sites (tertiary alicyclic amines) is 1. The fourth-order valence-electron chi connectivity index (χ4n) is 4.16. The number of piperazine rings is 1. The minimum Gasteiger partial charge on any atom is -0.369 e. The van der Waals surface area contributed by atoms with Crippen molar-refractivity contribution in [3.8, 4) is 0 Å². The molecule has 2 aliphatic heterocycles. The minimum absolute atomic E-state index is 0.0421. The van der Waals surface area contributed by atoms with Gasteiger partial charge >= 0.3 is 0 Å². The normalized spacial score (nSPS) is 19.8. The number of hydrogen-bond acceptors (Lipinski definition) is 5. The molecule has 1 N–H and O–H groups in total. The van der Waals surface area contributed by atoms with Crippen molar-refractivity contribution in [2.45, 2.75) is 18.9 Å². The van der Waals surface area contributed by atoms with Gasteiger partial charge in [-0.3, -0.25) is 14.5 Å². The van der Waals surface area contributed by atoms with Gasteiger partial charge in [-0.2, -0.15) is 0 Å². The fraction of sp³-hybridized carbons (Fsp3) is 0.455. The first-order valence-corrected chi connectivity index (χ1v) is 11.3. The van der Waals surface area contributed by atoms with Gasteiger partial charge in [-0.05, 0) is 48.6 Å². The van der Waals surface area contributed by atoms with E-state index in [0.29, 0.717) is 18.0 Å². The van der Waals surface area contributed by atoms with Gasteiger partial charge in [-0.1, -0.05) is 6.07 Å². The first-order valence-electron chi connectivity index (χ1n) is 10.5. The summed E-state index contributed by atoms with van der Waals surface area (Å²) in [7, 11) is 0. The highest BCUT2D eigenvalue weighted by Crippen LogP contribution is 2.22. The molecule has 2 amide bonds. The van der Waals surface area contributed by atoms with Crippen LogP contribution in [0.5, 0.6) is 0 Å². The number of amides is 2. The molecule has 2 aromatic rings. The molecule has 0 spiro atoms. The van der Waals surface area contributed by atoms with Gasteiger partial charge in [0.2, 0.25) is 5.91 Å². The molecule has 1 aromatic heterocycles. The molecule has 3 heterocycles. The Balaban J connectivity index is 1.20. The molecule has 1 aromatic carbocycles. The van der Waals surface area contributed by atoms with Gasteiger partial charge in [-0.15, -0.1) is 11.3 Å². The Morgan fingerprint density at radius 1 is 1.07 bits per heavy atom. The average molecular weight is 431 g/mol. The standard InChI is InChI=1S/C22H27FN4O2S/c23-17-5-7-18(8-6-17)26-14-12-25(13-15-26)11-9-24-21(28)19-3-1-10-27(19)22(29)20-4-2-16-30-20/h2,4-8,16,19H,1,3,9-15H2,(H,24,28)/t19-/m0/s1. The first-order chi connectivity index (χ1) is 14.6. The number of nitrogens with one attached hydrogen (secondary N) is 1. The highest BCUT2D eigenvalue weighted by atomic mass is 32.1. The van der Waals surface area contributed by atoms with E-state index in [0.717, 1.165) is 51.3 Å². The molecular formula is C22H27FN4O2S. The van der Waals surface area contributed by atoms with Crippen LogP contribution in [0, 0.1) is 5.82 Å². The van der Waals surface area contributed by atoms with E-state index in [9.17, 15) is 14.0 Å². The number of anilines is 1. The van der Waals surface area contributed by atoms with Crippen LogP contribution < -0.4 is 10.2 Å². The smallest absolute Gasteiger partial charge is 0.264 e. The van der Waals surface area contributed by atoms with Crippen LogP contribution in [0.4, 0.5) is 10.1 Å². The van der Waals surface area contributed by atoms with E-state index in [4.69, 9.17) is 0 Å². The second-order valence-corrected chi connectivity index (χ2v) is 8.68. The first kappa shape index (κ1) is 20.8. The molecule has 30 heavy (non-hydrogen) atoms. The van der Waals surface area contributed by atoms with E-state index in [1.807, 2.05) is 29.6 Å². The lowest BCUT2D eigenvalue weighted by molar-refractivity contribution is -0.124. The third kappa shape index (κ3) is 4.82. The number of carbonyl (C=O) groups excluding carboxylic acids is 2. The van der Waals surface area contributed by atoms with E-state index >= 15 is 0 Å². The monoisotopic (exact) mass is 430 g/mol. The quantitative estimate of drug-likeness (QED) is 0.765. The molecule has 0 radical (unpaired) electrons. The molecule has 160 valence electrons. The van der Waals surface area contributed by atoms with Crippen molar-refractivity contribution in [1.29, 1.82) is 0 Å². The Kier molecular flexibility index (Phi) is 6.64. The van der Waals surface area contributed by atoms with Gasteiger partial charge in [0.05, 0.1) is 4.88 Å². The summed E-state index contributed by atoms with van der Waals surface area (Å²) in [5.41, 5.74) is 1.04. The van der Waals surface area contributed by atoms with Crippen LogP contribution in [0.2, 0.25) is 0 Å². The van der Waals surface area contributed by atoms with E-state index in [2.05, 4.69) is 15.1 Å². The number of benzene rings is 1. The number of rotatable bonds is 6.